The molecule has 1 aliphatic heterocycles. The first kappa shape index (κ1) is 10.8. The summed E-state index contributed by atoms with van der Waals surface area (Å²) in [6.07, 6.45) is 2.51. The van der Waals surface area contributed by atoms with Crippen molar-refractivity contribution in [2.75, 3.05) is 11.4 Å². The number of nitrogens with zero attached hydrogens (tertiary/aromatic N) is 5. The van der Waals surface area contributed by atoms with E-state index in [9.17, 15) is 0 Å². The Bertz CT molecular complexity index is 767. The van der Waals surface area contributed by atoms with Crippen LogP contribution in [0.4, 0.5) is 11.5 Å². The van der Waals surface area contributed by atoms with Gasteiger partial charge in [-0.05, 0) is 18.1 Å². The van der Waals surface area contributed by atoms with Crippen LogP contribution in [0.5, 0.6) is 0 Å². The molecular weight excluding hydrogens is 262 g/mol. The van der Waals surface area contributed by atoms with Crippen LogP contribution in [0.3, 0.4) is 0 Å². The van der Waals surface area contributed by atoms with Gasteiger partial charge in [-0.2, -0.15) is 19.6 Å². The fourth-order valence-corrected chi connectivity index (χ4v) is 2.71. The van der Waals surface area contributed by atoms with Gasteiger partial charge in [0.15, 0.2) is 0 Å². The van der Waals surface area contributed by atoms with Gasteiger partial charge in [0, 0.05) is 18.3 Å². The molecule has 3 heterocycles. The SMILES string of the molecule is Clc1cc(N2CCc3ccccc32)n2ncnc2n1. The van der Waals surface area contributed by atoms with Crippen LogP contribution in [0, 0.1) is 0 Å². The van der Waals surface area contributed by atoms with Crippen molar-refractivity contribution >= 4 is 28.9 Å². The average Bonchev–Trinajstić information content (AvgIpc) is 3.03. The lowest BCUT2D eigenvalue weighted by Gasteiger charge is -2.19. The summed E-state index contributed by atoms with van der Waals surface area (Å²) in [6, 6.07) is 10.2. The van der Waals surface area contributed by atoms with Crippen molar-refractivity contribution in [1.29, 1.82) is 0 Å². The number of hydrogen-bond acceptors (Lipinski definition) is 4. The molecule has 3 aromatic rings. The summed E-state index contributed by atoms with van der Waals surface area (Å²) >= 11 is 6.07. The second-order valence-corrected chi connectivity index (χ2v) is 4.83. The molecule has 19 heavy (non-hydrogen) atoms. The lowest BCUT2D eigenvalue weighted by molar-refractivity contribution is 0.879. The lowest BCUT2D eigenvalue weighted by Crippen LogP contribution is -2.17. The fourth-order valence-electron chi connectivity index (χ4n) is 2.54. The highest BCUT2D eigenvalue weighted by Crippen LogP contribution is 2.34. The van der Waals surface area contributed by atoms with E-state index in [0.29, 0.717) is 10.9 Å². The van der Waals surface area contributed by atoms with Crippen LogP contribution < -0.4 is 4.90 Å². The Morgan fingerprint density at radius 3 is 3.05 bits per heavy atom. The van der Waals surface area contributed by atoms with E-state index in [1.54, 1.807) is 4.52 Å². The Morgan fingerprint density at radius 1 is 1.21 bits per heavy atom. The second-order valence-electron chi connectivity index (χ2n) is 4.44. The van der Waals surface area contributed by atoms with Crippen LogP contribution in [0.25, 0.3) is 5.78 Å². The number of rotatable bonds is 1. The molecule has 2 aromatic heterocycles. The van der Waals surface area contributed by atoms with Crippen LogP contribution in [-0.2, 0) is 6.42 Å². The maximum atomic E-state index is 6.07. The highest BCUT2D eigenvalue weighted by Gasteiger charge is 2.22. The molecule has 0 fully saturated rings. The van der Waals surface area contributed by atoms with Crippen LogP contribution in [-0.4, -0.2) is 26.1 Å². The molecule has 0 amide bonds. The number of halogens is 1. The molecule has 0 saturated heterocycles. The quantitative estimate of drug-likeness (QED) is 0.638. The third-order valence-corrected chi connectivity index (χ3v) is 3.56. The van der Waals surface area contributed by atoms with Gasteiger partial charge in [-0.1, -0.05) is 29.8 Å². The summed E-state index contributed by atoms with van der Waals surface area (Å²) in [5, 5.41) is 4.65. The summed E-state index contributed by atoms with van der Waals surface area (Å²) in [4.78, 5) is 10.4. The summed E-state index contributed by atoms with van der Waals surface area (Å²) in [7, 11) is 0. The normalized spacial score (nSPS) is 14.1. The van der Waals surface area contributed by atoms with Crippen molar-refractivity contribution in [3.63, 3.8) is 0 Å². The van der Waals surface area contributed by atoms with E-state index >= 15 is 0 Å². The van der Waals surface area contributed by atoms with Gasteiger partial charge in [-0.25, -0.2) is 0 Å². The topological polar surface area (TPSA) is 46.3 Å². The van der Waals surface area contributed by atoms with Crippen molar-refractivity contribution in [2.24, 2.45) is 0 Å². The maximum absolute atomic E-state index is 6.07. The van der Waals surface area contributed by atoms with Crippen LogP contribution >= 0.6 is 11.6 Å². The highest BCUT2D eigenvalue weighted by atomic mass is 35.5. The number of para-hydroxylation sites is 1. The molecule has 0 atom stereocenters. The van der Waals surface area contributed by atoms with Gasteiger partial charge in [0.2, 0.25) is 0 Å². The van der Waals surface area contributed by atoms with E-state index in [-0.39, 0.29) is 0 Å². The molecule has 4 rings (SSSR count). The monoisotopic (exact) mass is 271 g/mol. The number of anilines is 2. The standard InChI is InChI=1S/C13H10ClN5/c14-11-7-12(19-13(17-11)15-8-16-19)18-6-5-9-3-1-2-4-10(9)18/h1-4,7-8H,5-6H2. The molecule has 1 aliphatic rings. The van der Waals surface area contributed by atoms with Crippen molar-refractivity contribution in [3.05, 3.63) is 47.4 Å². The molecule has 0 N–H and O–H groups in total. The molecule has 0 aliphatic carbocycles. The van der Waals surface area contributed by atoms with Gasteiger partial charge in [0.05, 0.1) is 0 Å². The first-order valence-corrected chi connectivity index (χ1v) is 6.42. The Hall–Kier alpha value is -2.14. The second kappa shape index (κ2) is 3.93. The maximum Gasteiger partial charge on any atom is 0.255 e. The van der Waals surface area contributed by atoms with Crippen molar-refractivity contribution in [3.8, 4) is 0 Å². The molecule has 0 bridgehead atoms. The summed E-state index contributed by atoms with van der Waals surface area (Å²) in [6.45, 7) is 0.911. The fraction of sp³-hybridized carbons (Fsp3) is 0.154. The third kappa shape index (κ3) is 1.58. The minimum absolute atomic E-state index is 0.430. The van der Waals surface area contributed by atoms with Gasteiger partial charge < -0.3 is 4.90 Å². The molecule has 0 saturated carbocycles. The first-order valence-electron chi connectivity index (χ1n) is 6.05. The van der Waals surface area contributed by atoms with Gasteiger partial charge in [-0.3, -0.25) is 0 Å². The molecule has 0 radical (unpaired) electrons. The van der Waals surface area contributed by atoms with Crippen molar-refractivity contribution in [2.45, 2.75) is 6.42 Å². The molecule has 5 nitrogen and oxygen atoms in total. The van der Waals surface area contributed by atoms with E-state index in [1.807, 2.05) is 12.1 Å². The summed E-state index contributed by atoms with van der Waals surface area (Å²) < 4.78 is 1.72. The van der Waals surface area contributed by atoms with E-state index in [4.69, 9.17) is 11.6 Å². The molecule has 6 heteroatoms. The Labute approximate surface area is 114 Å². The van der Waals surface area contributed by atoms with Gasteiger partial charge in [-0.15, -0.1) is 0 Å². The molecule has 94 valence electrons. The zero-order valence-corrected chi connectivity index (χ0v) is 10.7. The number of fused-ring (bicyclic) bond motifs is 2. The molecule has 0 unspecified atom stereocenters. The van der Waals surface area contributed by atoms with Gasteiger partial charge in [0.25, 0.3) is 5.78 Å². The number of benzene rings is 1. The van der Waals surface area contributed by atoms with Crippen molar-refractivity contribution < 1.29 is 0 Å². The van der Waals surface area contributed by atoms with Crippen LogP contribution in [0.15, 0.2) is 36.7 Å². The van der Waals surface area contributed by atoms with E-state index in [1.165, 1.54) is 17.6 Å². The first-order chi connectivity index (χ1) is 9.33. The summed E-state index contributed by atoms with van der Waals surface area (Å²) in [5.41, 5.74) is 2.53. The molecule has 0 spiro atoms. The predicted octanol–water partition coefficient (Wildman–Crippen LogP) is 2.47. The smallest absolute Gasteiger partial charge is 0.255 e. The number of aromatic nitrogens is 4. The summed E-state index contributed by atoms with van der Waals surface area (Å²) in [5.74, 6) is 1.42. The van der Waals surface area contributed by atoms with Crippen LogP contribution in [0.2, 0.25) is 5.15 Å². The zero-order valence-electron chi connectivity index (χ0n) is 9.99. The van der Waals surface area contributed by atoms with E-state index < -0.39 is 0 Å². The minimum atomic E-state index is 0.430. The minimum Gasteiger partial charge on any atom is -0.326 e. The highest BCUT2D eigenvalue weighted by molar-refractivity contribution is 6.29. The molecular formula is C13H10ClN5. The zero-order chi connectivity index (χ0) is 12.8. The Kier molecular flexibility index (Phi) is 2.22. The van der Waals surface area contributed by atoms with Crippen LogP contribution in [0.1, 0.15) is 5.56 Å². The molecule has 1 aromatic carbocycles. The van der Waals surface area contributed by atoms with E-state index in [0.717, 1.165) is 18.8 Å². The van der Waals surface area contributed by atoms with Crippen molar-refractivity contribution in [1.82, 2.24) is 19.6 Å². The average molecular weight is 272 g/mol. The van der Waals surface area contributed by atoms with Gasteiger partial charge >= 0.3 is 0 Å². The van der Waals surface area contributed by atoms with E-state index in [2.05, 4.69) is 38.2 Å². The predicted molar refractivity (Wildman–Crippen MR) is 72.9 cm³/mol. The Balaban J connectivity index is 1.94. The van der Waals surface area contributed by atoms with Gasteiger partial charge in [0.1, 0.15) is 17.3 Å². The largest absolute Gasteiger partial charge is 0.326 e. The lowest BCUT2D eigenvalue weighted by atomic mass is 10.2. The number of hydrogen-bond donors (Lipinski definition) is 0. The Morgan fingerprint density at radius 2 is 2.11 bits per heavy atom. The third-order valence-electron chi connectivity index (χ3n) is 3.37.